The van der Waals surface area contributed by atoms with E-state index in [4.69, 9.17) is 5.41 Å². The molecule has 1 nitrogen and oxygen atoms in total. The van der Waals surface area contributed by atoms with E-state index in [2.05, 4.69) is 58.5 Å². The summed E-state index contributed by atoms with van der Waals surface area (Å²) in [5, 5.41) is 6.08. The topological polar surface area (TPSA) is 23.9 Å². The molecule has 0 spiro atoms. The first-order valence-electron chi connectivity index (χ1n) is 15.5. The van der Waals surface area contributed by atoms with E-state index < -0.39 is 0 Å². The van der Waals surface area contributed by atoms with Crippen LogP contribution in [-0.4, -0.2) is 6.21 Å². The van der Waals surface area contributed by atoms with Gasteiger partial charge in [0.25, 0.3) is 0 Å². The second kappa shape index (κ2) is 24.0. The van der Waals surface area contributed by atoms with Crippen molar-refractivity contribution in [2.45, 2.75) is 152 Å². The lowest BCUT2D eigenvalue weighted by atomic mass is 9.68. The molecule has 1 heteroatoms. The summed E-state index contributed by atoms with van der Waals surface area (Å²) in [5.41, 5.74) is 4.62. The second-order valence-corrected chi connectivity index (χ2v) is 10.7. The van der Waals surface area contributed by atoms with Crippen LogP contribution in [0.3, 0.4) is 0 Å². The van der Waals surface area contributed by atoms with Gasteiger partial charge < -0.3 is 5.41 Å². The van der Waals surface area contributed by atoms with Gasteiger partial charge in [0.2, 0.25) is 0 Å². The van der Waals surface area contributed by atoms with Crippen molar-refractivity contribution in [3.05, 3.63) is 47.5 Å². The zero-order valence-electron chi connectivity index (χ0n) is 26.1. The Morgan fingerprint density at radius 1 is 0.889 bits per heavy atom. The maximum absolute atomic E-state index is 6.08. The molecule has 0 aliphatic heterocycles. The van der Waals surface area contributed by atoms with E-state index in [0.717, 1.165) is 18.3 Å². The summed E-state index contributed by atoms with van der Waals surface area (Å²) in [6.45, 7) is 23.1. The summed E-state index contributed by atoms with van der Waals surface area (Å²) in [6, 6.07) is 8.66. The molecule has 1 unspecified atom stereocenters. The monoisotopic (exact) mass is 500 g/mol. The average Bonchev–Trinajstić information content (AvgIpc) is 2.92. The van der Waals surface area contributed by atoms with Gasteiger partial charge >= 0.3 is 0 Å². The van der Waals surface area contributed by atoms with Gasteiger partial charge in [0, 0.05) is 0 Å². The molecule has 0 aromatic heterocycles. The molecule has 2 aliphatic rings. The molecule has 2 saturated carbocycles. The van der Waals surface area contributed by atoms with Gasteiger partial charge in [0.05, 0.1) is 0 Å². The number of nitrogens with one attached hydrogen (secondary N) is 1. The van der Waals surface area contributed by atoms with E-state index in [1.165, 1.54) is 106 Å². The minimum absolute atomic E-state index is 0.416. The fourth-order valence-corrected chi connectivity index (χ4v) is 5.34. The fourth-order valence-electron chi connectivity index (χ4n) is 5.34. The highest BCUT2D eigenvalue weighted by molar-refractivity contribution is 5.48. The smallest absolute Gasteiger partial charge is 0.00788 e. The van der Waals surface area contributed by atoms with Crippen LogP contribution in [0.25, 0.3) is 0 Å². The average molecular weight is 500 g/mol. The lowest BCUT2D eigenvalue weighted by molar-refractivity contribution is 0.202. The summed E-state index contributed by atoms with van der Waals surface area (Å²) in [6.07, 6.45) is 21.5. The van der Waals surface area contributed by atoms with E-state index in [0.29, 0.717) is 5.41 Å². The number of rotatable bonds is 7. The van der Waals surface area contributed by atoms with E-state index in [1.807, 2.05) is 27.7 Å². The van der Waals surface area contributed by atoms with Gasteiger partial charge in [-0.15, -0.1) is 0 Å². The molecule has 1 N–H and O–H groups in total. The normalized spacial score (nSPS) is 17.1. The molecular formula is C35H65N. The Labute approximate surface area is 228 Å². The summed E-state index contributed by atoms with van der Waals surface area (Å²) in [4.78, 5) is 0. The summed E-state index contributed by atoms with van der Waals surface area (Å²) < 4.78 is 0. The van der Waals surface area contributed by atoms with Crippen LogP contribution < -0.4 is 0 Å². The van der Waals surface area contributed by atoms with E-state index in [-0.39, 0.29) is 0 Å². The summed E-state index contributed by atoms with van der Waals surface area (Å²) >= 11 is 0. The van der Waals surface area contributed by atoms with E-state index in [1.54, 1.807) is 6.92 Å². The minimum atomic E-state index is 0.416. The molecule has 2 fully saturated rings. The fraction of sp³-hybridized carbons (Fsp3) is 0.743. The first kappa shape index (κ1) is 36.8. The predicted octanol–water partition coefficient (Wildman–Crippen LogP) is 12.2. The third kappa shape index (κ3) is 17.1. The summed E-state index contributed by atoms with van der Waals surface area (Å²) in [7, 11) is 0. The Bertz CT molecular complexity index is 617. The number of benzene rings is 1. The Balaban J connectivity index is 0. The molecule has 0 bridgehead atoms. The van der Waals surface area contributed by atoms with Gasteiger partial charge in [-0.1, -0.05) is 148 Å². The zero-order valence-corrected chi connectivity index (χ0v) is 26.1. The largest absolute Gasteiger partial charge is 0.313 e. The molecule has 0 saturated heterocycles. The third-order valence-electron chi connectivity index (χ3n) is 7.85. The minimum Gasteiger partial charge on any atom is -0.313 e. The van der Waals surface area contributed by atoms with Crippen LogP contribution in [0.5, 0.6) is 0 Å². The maximum atomic E-state index is 6.08. The van der Waals surface area contributed by atoms with Crippen LogP contribution in [0.4, 0.5) is 0 Å². The third-order valence-corrected chi connectivity index (χ3v) is 7.85. The first-order valence-corrected chi connectivity index (χ1v) is 15.5. The molecule has 0 radical (unpaired) electrons. The Hall–Kier alpha value is -1.37. The van der Waals surface area contributed by atoms with Crippen LogP contribution in [0.15, 0.2) is 36.4 Å². The molecule has 210 valence electrons. The van der Waals surface area contributed by atoms with Gasteiger partial charge in [-0.3, -0.25) is 0 Å². The van der Waals surface area contributed by atoms with Gasteiger partial charge in [0.1, 0.15) is 0 Å². The first-order chi connectivity index (χ1) is 17.3. The molecule has 1 aromatic carbocycles. The summed E-state index contributed by atoms with van der Waals surface area (Å²) in [5.74, 6) is 2.01. The zero-order chi connectivity index (χ0) is 27.8. The number of aryl methyl sites for hydroxylation is 2. The van der Waals surface area contributed by atoms with Crippen molar-refractivity contribution in [3.8, 4) is 0 Å². The second-order valence-electron chi connectivity index (χ2n) is 10.7. The van der Waals surface area contributed by atoms with Gasteiger partial charge in [-0.05, 0) is 75.5 Å². The van der Waals surface area contributed by atoms with Crippen molar-refractivity contribution in [3.63, 3.8) is 0 Å². The number of hydrogen-bond acceptors (Lipinski definition) is 1. The Morgan fingerprint density at radius 2 is 1.31 bits per heavy atom. The molecule has 1 aromatic rings. The number of hydrogen-bond donors (Lipinski definition) is 1. The van der Waals surface area contributed by atoms with Gasteiger partial charge in [-0.25, -0.2) is 0 Å². The van der Waals surface area contributed by atoms with Crippen LogP contribution in [0.1, 0.15) is 150 Å². The molecule has 36 heavy (non-hydrogen) atoms. The molecule has 1 atom stereocenters. The lowest BCUT2D eigenvalue weighted by Crippen LogP contribution is -2.24. The van der Waals surface area contributed by atoms with Crippen LogP contribution in [0, 0.1) is 29.6 Å². The standard InChI is InChI=1S/C20H36.C9H12.C2H5N.2C2H6/c1-17(2)20(3,16-19-12-8-5-9-13-19)15-14-18-10-6-4-7-11-18;1-3-9-6-4-8(2)5-7-9;1-2-3;2*1-2/h18-19H,1,4-16H2,2-3H3;4-7H,3H2,1-2H3;2-3H,1H3;2*1-2H3. The van der Waals surface area contributed by atoms with Gasteiger partial charge in [0.15, 0.2) is 0 Å². The van der Waals surface area contributed by atoms with Crippen molar-refractivity contribution in [1.29, 1.82) is 5.41 Å². The lowest BCUT2D eigenvalue weighted by Gasteiger charge is -2.37. The van der Waals surface area contributed by atoms with Crippen molar-refractivity contribution in [2.75, 3.05) is 0 Å². The maximum Gasteiger partial charge on any atom is -0.00788 e. The molecule has 3 rings (SSSR count). The van der Waals surface area contributed by atoms with Crippen LogP contribution in [0.2, 0.25) is 0 Å². The Kier molecular flexibility index (Phi) is 24.5. The van der Waals surface area contributed by atoms with Crippen molar-refractivity contribution in [2.24, 2.45) is 17.3 Å². The van der Waals surface area contributed by atoms with E-state index >= 15 is 0 Å². The van der Waals surface area contributed by atoms with Crippen molar-refractivity contribution < 1.29 is 0 Å². The van der Waals surface area contributed by atoms with Crippen molar-refractivity contribution >= 4 is 6.21 Å². The molecule has 2 aliphatic carbocycles. The quantitative estimate of drug-likeness (QED) is 0.285. The highest BCUT2D eigenvalue weighted by atomic mass is 14.4. The SMILES string of the molecule is C=C(C)C(C)(CCC1CCCCC1)CC1CCCCC1.CC.CC.CC=N.CCc1ccc(C)cc1. The number of allylic oxidation sites excluding steroid dienone is 1. The van der Waals surface area contributed by atoms with E-state index in [9.17, 15) is 0 Å². The van der Waals surface area contributed by atoms with Crippen LogP contribution in [-0.2, 0) is 6.42 Å². The predicted molar refractivity (Wildman–Crippen MR) is 168 cm³/mol. The highest BCUT2D eigenvalue weighted by Crippen LogP contribution is 2.43. The van der Waals surface area contributed by atoms with Crippen LogP contribution >= 0.6 is 0 Å². The molecule has 0 amide bonds. The molecule has 0 heterocycles. The molecular weight excluding hydrogens is 434 g/mol. The van der Waals surface area contributed by atoms with Crippen molar-refractivity contribution in [1.82, 2.24) is 0 Å². The highest BCUT2D eigenvalue weighted by Gasteiger charge is 2.30. The van der Waals surface area contributed by atoms with Gasteiger partial charge in [-0.2, -0.15) is 0 Å². The Morgan fingerprint density at radius 3 is 1.69 bits per heavy atom.